The van der Waals surface area contributed by atoms with Crippen LogP contribution < -0.4 is 0 Å². The normalized spacial score (nSPS) is 11.8. The van der Waals surface area contributed by atoms with Crippen LogP contribution in [0, 0.1) is 27.7 Å². The summed E-state index contributed by atoms with van der Waals surface area (Å²) < 4.78 is 0. The molecule has 0 radical (unpaired) electrons. The molecule has 0 fully saturated rings. The Kier molecular flexibility index (Phi) is 11.3. The van der Waals surface area contributed by atoms with Crippen LogP contribution in [0.25, 0.3) is 66.8 Å². The Morgan fingerprint density at radius 1 is 0.250 bits per heavy atom. The summed E-state index contributed by atoms with van der Waals surface area (Å²) in [6.45, 7) is 28.1. The predicted octanol–water partition coefficient (Wildman–Crippen LogP) is 15.7. The Hall–Kier alpha value is -4.68. The third kappa shape index (κ3) is 6.38. The van der Waals surface area contributed by atoms with Gasteiger partial charge in [0.05, 0.1) is 0 Å². The van der Waals surface area contributed by atoms with E-state index in [1.54, 1.807) is 0 Å². The zero-order valence-corrected chi connectivity index (χ0v) is 36.6. The summed E-state index contributed by atoms with van der Waals surface area (Å²) in [5.41, 5.74) is 34.6. The van der Waals surface area contributed by atoms with Crippen molar-refractivity contribution < 1.29 is 0 Å². The molecular weight excluding hydrogens is 673 g/mol. The van der Waals surface area contributed by atoms with Crippen LogP contribution in [0.3, 0.4) is 0 Å². The fourth-order valence-corrected chi connectivity index (χ4v) is 10.4. The Balaban J connectivity index is 1.93. The fourth-order valence-electron chi connectivity index (χ4n) is 10.4. The summed E-state index contributed by atoms with van der Waals surface area (Å²) in [6, 6.07) is 29.3. The summed E-state index contributed by atoms with van der Waals surface area (Å²) >= 11 is 0. The summed E-state index contributed by atoms with van der Waals surface area (Å²) in [7, 11) is 0. The maximum Gasteiger partial charge on any atom is -0.000720 e. The van der Waals surface area contributed by atoms with Crippen molar-refractivity contribution in [2.45, 2.75) is 134 Å². The van der Waals surface area contributed by atoms with Crippen LogP contribution in [-0.2, 0) is 51.4 Å². The van der Waals surface area contributed by atoms with Crippen molar-refractivity contribution in [1.29, 1.82) is 0 Å². The van der Waals surface area contributed by atoms with Crippen molar-refractivity contribution in [3.05, 3.63) is 140 Å². The van der Waals surface area contributed by atoms with E-state index in [4.69, 9.17) is 0 Å². The first-order valence-corrected chi connectivity index (χ1v) is 21.9. The number of hydrogen-bond acceptors (Lipinski definition) is 0. The molecule has 0 unspecified atom stereocenters. The van der Waals surface area contributed by atoms with Gasteiger partial charge in [0, 0.05) is 0 Å². The van der Waals surface area contributed by atoms with Gasteiger partial charge in [-0.05, 0) is 190 Å². The first-order chi connectivity index (χ1) is 27.1. The monoisotopic (exact) mass is 737 g/mol. The number of rotatable bonds is 12. The Labute approximate surface area is 339 Å². The van der Waals surface area contributed by atoms with Crippen LogP contribution in [0.4, 0.5) is 0 Å². The highest BCUT2D eigenvalue weighted by molar-refractivity contribution is 6.23. The van der Waals surface area contributed by atoms with Gasteiger partial charge in [0.2, 0.25) is 0 Å². The van der Waals surface area contributed by atoms with Crippen LogP contribution in [0.5, 0.6) is 0 Å². The average molecular weight is 737 g/mol. The zero-order valence-electron chi connectivity index (χ0n) is 36.6. The van der Waals surface area contributed by atoms with Crippen LogP contribution in [-0.4, -0.2) is 0 Å². The third-order valence-electron chi connectivity index (χ3n) is 12.8. The minimum atomic E-state index is 0.987. The molecule has 0 aliphatic heterocycles. The van der Waals surface area contributed by atoms with Crippen molar-refractivity contribution >= 4 is 0 Å². The van der Waals surface area contributed by atoms with Crippen molar-refractivity contribution in [3.63, 3.8) is 0 Å². The van der Waals surface area contributed by atoms with Gasteiger partial charge >= 0.3 is 0 Å². The number of hydrogen-bond donors (Lipinski definition) is 0. The van der Waals surface area contributed by atoms with Crippen molar-refractivity contribution in [3.8, 4) is 66.8 Å². The van der Waals surface area contributed by atoms with Crippen molar-refractivity contribution in [2.24, 2.45) is 0 Å². The maximum atomic E-state index is 2.50. The van der Waals surface area contributed by atoms with Gasteiger partial charge in [-0.25, -0.2) is 0 Å². The molecule has 0 N–H and O–H groups in total. The molecule has 7 rings (SSSR count). The molecule has 0 atom stereocenters. The summed E-state index contributed by atoms with van der Waals surface area (Å²) in [5.74, 6) is 0. The molecule has 6 aromatic rings. The van der Waals surface area contributed by atoms with E-state index in [0.717, 1.165) is 51.4 Å². The molecule has 0 nitrogen and oxygen atoms in total. The number of fused-ring (bicyclic) bond motifs is 4. The lowest BCUT2D eigenvalue weighted by Gasteiger charge is -2.38. The second-order valence-electron chi connectivity index (χ2n) is 16.5. The highest BCUT2D eigenvalue weighted by atomic mass is 14.4. The molecule has 0 saturated heterocycles. The second-order valence-corrected chi connectivity index (χ2v) is 16.5. The van der Waals surface area contributed by atoms with Crippen molar-refractivity contribution in [2.75, 3.05) is 0 Å². The van der Waals surface area contributed by atoms with Gasteiger partial charge in [0.15, 0.2) is 0 Å². The van der Waals surface area contributed by atoms with Crippen LogP contribution in [0.1, 0.15) is 122 Å². The standard InChI is InChI=1S/C56H64/c1-13-37-25-33(9)26-38(14-2)47(37)53-51-45-23-21-22-24-46(45)52(51)54(48-39(15-3)27-34(10)28-40(48)16-4)56(50-43(19-7)31-36(12)32-44(50)20-8)55(53)49-41(17-5)29-35(11)30-42(49)18-6/h21-32H,13-20H2,1-12H3. The van der Waals surface area contributed by atoms with E-state index >= 15 is 0 Å². The first-order valence-electron chi connectivity index (χ1n) is 21.9. The third-order valence-corrected chi connectivity index (χ3v) is 12.8. The fraction of sp³-hybridized carbons (Fsp3) is 0.357. The lowest BCUT2D eigenvalue weighted by molar-refractivity contribution is 1.07. The number of aryl methyl sites for hydroxylation is 12. The van der Waals surface area contributed by atoms with E-state index in [1.165, 1.54) is 134 Å². The SMILES string of the molecule is CCc1cc(C)cc(CC)c1-c1c2c(c(-c3c(CC)cc(C)cc3CC)c(-c3c(CC)cc(C)cc3CC)c1-c1c(CC)cc(C)cc1CC)-c1ccccc1-2. The van der Waals surface area contributed by atoms with E-state index in [0.29, 0.717) is 0 Å². The number of benzene rings is 6. The molecule has 1 aliphatic rings. The molecule has 6 aromatic carbocycles. The molecule has 0 saturated carbocycles. The Morgan fingerprint density at radius 2 is 0.429 bits per heavy atom. The summed E-state index contributed by atoms with van der Waals surface area (Å²) in [5, 5.41) is 0. The highest BCUT2D eigenvalue weighted by Gasteiger charge is 2.39. The Bertz CT molecular complexity index is 2210. The molecule has 0 aromatic heterocycles. The molecule has 56 heavy (non-hydrogen) atoms. The molecule has 0 heterocycles. The van der Waals surface area contributed by atoms with Crippen LogP contribution in [0.15, 0.2) is 72.8 Å². The largest absolute Gasteiger partial charge is 0.0616 e. The second kappa shape index (κ2) is 16.1. The molecular formula is C56H64. The lowest BCUT2D eigenvalue weighted by Crippen LogP contribution is -2.13. The van der Waals surface area contributed by atoms with Gasteiger partial charge in [-0.15, -0.1) is 0 Å². The van der Waals surface area contributed by atoms with E-state index in [-0.39, 0.29) is 0 Å². The lowest BCUT2D eigenvalue weighted by atomic mass is 9.64. The van der Waals surface area contributed by atoms with Gasteiger partial charge in [-0.3, -0.25) is 0 Å². The molecule has 1 aliphatic carbocycles. The van der Waals surface area contributed by atoms with Crippen molar-refractivity contribution in [1.82, 2.24) is 0 Å². The minimum Gasteiger partial charge on any atom is -0.0616 e. The first kappa shape index (κ1) is 39.6. The maximum absolute atomic E-state index is 2.50. The van der Waals surface area contributed by atoms with E-state index in [9.17, 15) is 0 Å². The van der Waals surface area contributed by atoms with E-state index < -0.39 is 0 Å². The average Bonchev–Trinajstić information content (AvgIpc) is 3.20. The van der Waals surface area contributed by atoms with Crippen LogP contribution in [0.2, 0.25) is 0 Å². The van der Waals surface area contributed by atoms with Gasteiger partial charge in [-0.2, -0.15) is 0 Å². The zero-order chi connectivity index (χ0) is 40.0. The van der Waals surface area contributed by atoms with Gasteiger partial charge in [0.1, 0.15) is 0 Å². The van der Waals surface area contributed by atoms with Gasteiger partial charge in [-0.1, -0.05) is 150 Å². The smallest absolute Gasteiger partial charge is 0.000720 e. The summed E-state index contributed by atoms with van der Waals surface area (Å²) in [6.07, 6.45) is 7.93. The topological polar surface area (TPSA) is 0 Å². The molecule has 0 bridgehead atoms. The summed E-state index contributed by atoms with van der Waals surface area (Å²) in [4.78, 5) is 0. The predicted molar refractivity (Wildman–Crippen MR) is 247 cm³/mol. The molecule has 0 heteroatoms. The van der Waals surface area contributed by atoms with Crippen LogP contribution >= 0.6 is 0 Å². The Morgan fingerprint density at radius 3 is 0.607 bits per heavy atom. The van der Waals surface area contributed by atoms with E-state index in [2.05, 4.69) is 156 Å². The molecule has 0 amide bonds. The molecule has 288 valence electrons. The van der Waals surface area contributed by atoms with Gasteiger partial charge < -0.3 is 0 Å². The highest BCUT2D eigenvalue weighted by Crippen LogP contribution is 2.64. The quantitative estimate of drug-likeness (QED) is 0.117. The van der Waals surface area contributed by atoms with Gasteiger partial charge in [0.25, 0.3) is 0 Å². The molecule has 0 spiro atoms. The van der Waals surface area contributed by atoms with E-state index in [1.807, 2.05) is 0 Å². The minimum absolute atomic E-state index is 0.987.